The summed E-state index contributed by atoms with van der Waals surface area (Å²) in [5.41, 5.74) is 0.670. The third-order valence-corrected chi connectivity index (χ3v) is 4.29. The molecule has 26 heavy (non-hydrogen) atoms. The topological polar surface area (TPSA) is 78.1 Å². The molecule has 0 N–H and O–H groups in total. The summed E-state index contributed by atoms with van der Waals surface area (Å²) >= 11 is 0. The van der Waals surface area contributed by atoms with E-state index in [9.17, 15) is 9.18 Å². The number of benzene rings is 1. The standard InChI is InChI=1S/C17H17FN6O2/c1-22-7-6-19-16(22)17(25)23-9-14(10-23)24-8-13(20-21-24)11-26-15-4-2-12(18)3-5-15/h2-8,14H,9-11H2,1H3. The van der Waals surface area contributed by atoms with Crippen LogP contribution in [0.2, 0.25) is 0 Å². The van der Waals surface area contributed by atoms with Crippen LogP contribution in [0.1, 0.15) is 22.4 Å². The van der Waals surface area contributed by atoms with Gasteiger partial charge in [-0.3, -0.25) is 4.79 Å². The second-order valence-corrected chi connectivity index (χ2v) is 6.16. The minimum atomic E-state index is -0.307. The molecule has 1 saturated heterocycles. The lowest BCUT2D eigenvalue weighted by Gasteiger charge is -2.38. The Morgan fingerprint density at radius 3 is 2.77 bits per heavy atom. The van der Waals surface area contributed by atoms with E-state index in [1.165, 1.54) is 12.1 Å². The average molecular weight is 356 g/mol. The number of ether oxygens (including phenoxy) is 1. The lowest BCUT2D eigenvalue weighted by Crippen LogP contribution is -2.51. The summed E-state index contributed by atoms with van der Waals surface area (Å²) in [6.07, 6.45) is 5.15. The van der Waals surface area contributed by atoms with E-state index >= 15 is 0 Å². The normalized spacial score (nSPS) is 14.3. The minimum Gasteiger partial charge on any atom is -0.487 e. The third-order valence-electron chi connectivity index (χ3n) is 4.29. The Morgan fingerprint density at radius 2 is 2.08 bits per heavy atom. The van der Waals surface area contributed by atoms with Gasteiger partial charge in [-0.1, -0.05) is 5.21 Å². The number of halogens is 1. The molecule has 0 saturated carbocycles. The first-order valence-corrected chi connectivity index (χ1v) is 8.16. The Bertz CT molecular complexity index is 913. The number of likely N-dealkylation sites (tertiary alicyclic amines) is 1. The maximum absolute atomic E-state index is 12.9. The first kappa shape index (κ1) is 16.2. The van der Waals surface area contributed by atoms with Crippen LogP contribution < -0.4 is 4.74 Å². The van der Waals surface area contributed by atoms with Crippen LogP contribution >= 0.6 is 0 Å². The number of nitrogens with zero attached hydrogens (tertiary/aromatic N) is 6. The van der Waals surface area contributed by atoms with Crippen molar-refractivity contribution in [3.8, 4) is 5.75 Å². The molecule has 1 aliphatic rings. The molecule has 0 bridgehead atoms. The fraction of sp³-hybridized carbons (Fsp3) is 0.294. The molecule has 1 fully saturated rings. The number of amides is 1. The molecule has 134 valence electrons. The molecule has 3 aromatic rings. The zero-order valence-corrected chi connectivity index (χ0v) is 14.1. The van der Waals surface area contributed by atoms with Crippen LogP contribution in [-0.2, 0) is 13.7 Å². The molecule has 3 heterocycles. The Morgan fingerprint density at radius 1 is 1.31 bits per heavy atom. The molecule has 0 radical (unpaired) electrons. The van der Waals surface area contributed by atoms with Gasteiger partial charge in [-0.05, 0) is 24.3 Å². The molecule has 0 spiro atoms. The summed E-state index contributed by atoms with van der Waals surface area (Å²) in [5.74, 6) is 0.596. The van der Waals surface area contributed by atoms with Gasteiger partial charge in [0, 0.05) is 32.5 Å². The van der Waals surface area contributed by atoms with E-state index in [1.807, 2.05) is 0 Å². The van der Waals surface area contributed by atoms with Crippen molar-refractivity contribution in [2.24, 2.45) is 7.05 Å². The number of imidazole rings is 1. The molecule has 1 aromatic carbocycles. The molecule has 9 heteroatoms. The van der Waals surface area contributed by atoms with Crippen molar-refractivity contribution in [3.63, 3.8) is 0 Å². The Labute approximate surface area is 148 Å². The van der Waals surface area contributed by atoms with Gasteiger partial charge in [-0.15, -0.1) is 5.10 Å². The van der Waals surface area contributed by atoms with Gasteiger partial charge in [0.15, 0.2) is 5.82 Å². The number of rotatable bonds is 5. The number of hydrogen-bond donors (Lipinski definition) is 0. The zero-order chi connectivity index (χ0) is 18.1. The van der Waals surface area contributed by atoms with Crippen LogP contribution in [-0.4, -0.2) is 48.4 Å². The summed E-state index contributed by atoms with van der Waals surface area (Å²) in [7, 11) is 1.79. The largest absolute Gasteiger partial charge is 0.487 e. The van der Waals surface area contributed by atoms with E-state index < -0.39 is 0 Å². The molecule has 1 amide bonds. The number of carbonyl (C=O) groups excluding carboxylic acids is 1. The van der Waals surface area contributed by atoms with Crippen LogP contribution in [0.3, 0.4) is 0 Å². The van der Waals surface area contributed by atoms with Crippen LogP contribution in [0.15, 0.2) is 42.9 Å². The van der Waals surface area contributed by atoms with Gasteiger partial charge < -0.3 is 14.2 Å². The molecular formula is C17H17FN6O2. The van der Waals surface area contributed by atoms with E-state index in [0.717, 1.165) is 0 Å². The van der Waals surface area contributed by atoms with E-state index in [2.05, 4.69) is 15.3 Å². The second kappa shape index (κ2) is 6.58. The second-order valence-electron chi connectivity index (χ2n) is 6.16. The minimum absolute atomic E-state index is 0.0891. The van der Waals surface area contributed by atoms with Crippen molar-refractivity contribution in [1.29, 1.82) is 0 Å². The predicted molar refractivity (Wildman–Crippen MR) is 88.9 cm³/mol. The van der Waals surface area contributed by atoms with E-state index in [4.69, 9.17) is 4.74 Å². The first-order chi connectivity index (χ1) is 12.6. The summed E-state index contributed by atoms with van der Waals surface area (Å²) in [4.78, 5) is 18.1. The Balaban J connectivity index is 1.31. The summed E-state index contributed by atoms with van der Waals surface area (Å²) in [6.45, 7) is 1.37. The van der Waals surface area contributed by atoms with Gasteiger partial charge in [-0.25, -0.2) is 14.1 Å². The van der Waals surface area contributed by atoms with Crippen LogP contribution in [0.4, 0.5) is 4.39 Å². The van der Waals surface area contributed by atoms with Gasteiger partial charge in [0.25, 0.3) is 5.91 Å². The highest BCUT2D eigenvalue weighted by Gasteiger charge is 2.34. The van der Waals surface area contributed by atoms with Crippen molar-refractivity contribution in [2.75, 3.05) is 13.1 Å². The van der Waals surface area contributed by atoms with E-state index in [0.29, 0.717) is 30.4 Å². The molecule has 1 aliphatic heterocycles. The summed E-state index contributed by atoms with van der Waals surface area (Å²) in [6, 6.07) is 5.90. The highest BCUT2D eigenvalue weighted by atomic mass is 19.1. The van der Waals surface area contributed by atoms with Crippen LogP contribution in [0.25, 0.3) is 0 Å². The monoisotopic (exact) mass is 356 g/mol. The van der Waals surface area contributed by atoms with Crippen molar-refractivity contribution in [2.45, 2.75) is 12.6 Å². The maximum atomic E-state index is 12.9. The highest BCUT2D eigenvalue weighted by Crippen LogP contribution is 2.22. The maximum Gasteiger partial charge on any atom is 0.289 e. The van der Waals surface area contributed by atoms with Crippen molar-refractivity contribution in [1.82, 2.24) is 29.4 Å². The third kappa shape index (κ3) is 3.15. The SMILES string of the molecule is Cn1ccnc1C(=O)N1CC(n2cc(COc3ccc(F)cc3)nn2)C1. The lowest BCUT2D eigenvalue weighted by atomic mass is 10.1. The van der Waals surface area contributed by atoms with E-state index in [-0.39, 0.29) is 24.4 Å². The van der Waals surface area contributed by atoms with E-state index in [1.54, 1.807) is 51.9 Å². The quantitative estimate of drug-likeness (QED) is 0.691. The molecule has 0 atom stereocenters. The van der Waals surface area contributed by atoms with Gasteiger partial charge in [0.2, 0.25) is 0 Å². The Hall–Kier alpha value is -3.23. The lowest BCUT2D eigenvalue weighted by molar-refractivity contribution is 0.0482. The molecule has 2 aromatic heterocycles. The summed E-state index contributed by atoms with van der Waals surface area (Å²) in [5, 5.41) is 8.19. The van der Waals surface area contributed by atoms with Crippen molar-refractivity contribution in [3.05, 3.63) is 60.2 Å². The van der Waals surface area contributed by atoms with Crippen molar-refractivity contribution < 1.29 is 13.9 Å². The van der Waals surface area contributed by atoms with Gasteiger partial charge >= 0.3 is 0 Å². The van der Waals surface area contributed by atoms with Gasteiger partial charge in [0.05, 0.1) is 12.2 Å². The molecule has 4 rings (SSSR count). The first-order valence-electron chi connectivity index (χ1n) is 8.16. The summed E-state index contributed by atoms with van der Waals surface area (Å²) < 4.78 is 21.9. The van der Waals surface area contributed by atoms with Crippen molar-refractivity contribution >= 4 is 5.91 Å². The fourth-order valence-electron chi connectivity index (χ4n) is 2.75. The number of aromatic nitrogens is 5. The highest BCUT2D eigenvalue weighted by molar-refractivity contribution is 5.91. The Kier molecular flexibility index (Phi) is 4.11. The van der Waals surface area contributed by atoms with Crippen LogP contribution in [0.5, 0.6) is 5.75 Å². The van der Waals surface area contributed by atoms with Crippen LogP contribution in [0, 0.1) is 5.82 Å². The number of carbonyl (C=O) groups is 1. The fourth-order valence-corrected chi connectivity index (χ4v) is 2.75. The smallest absolute Gasteiger partial charge is 0.289 e. The molecule has 0 aliphatic carbocycles. The molecule has 0 unspecified atom stereocenters. The molecule has 8 nitrogen and oxygen atoms in total. The van der Waals surface area contributed by atoms with Gasteiger partial charge in [-0.2, -0.15) is 0 Å². The predicted octanol–water partition coefficient (Wildman–Crippen LogP) is 1.43. The zero-order valence-electron chi connectivity index (χ0n) is 14.1. The van der Waals surface area contributed by atoms with Gasteiger partial charge in [0.1, 0.15) is 23.9 Å². The number of hydrogen-bond acceptors (Lipinski definition) is 5. The average Bonchev–Trinajstić information content (AvgIpc) is 3.22. The molecular weight excluding hydrogens is 339 g/mol. The number of aryl methyl sites for hydroxylation is 1.